The molecule has 0 radical (unpaired) electrons. The summed E-state index contributed by atoms with van der Waals surface area (Å²) in [7, 11) is 0. The highest BCUT2D eigenvalue weighted by molar-refractivity contribution is 5.73. The smallest absolute Gasteiger partial charge is 0.407 e. The van der Waals surface area contributed by atoms with Crippen molar-refractivity contribution in [2.75, 3.05) is 19.8 Å². The van der Waals surface area contributed by atoms with E-state index >= 15 is 0 Å². The number of alkyl carbamates (subject to hydrolysis) is 1. The number of carbonyl (C=O) groups excluding carboxylic acids is 5. The lowest BCUT2D eigenvalue weighted by Crippen LogP contribution is -2.66. The van der Waals surface area contributed by atoms with E-state index < -0.39 is 66.0 Å². The minimum atomic E-state index is -1.20. The van der Waals surface area contributed by atoms with Crippen LogP contribution in [0.1, 0.15) is 67.4 Å². The molecule has 44 heavy (non-hydrogen) atoms. The molecule has 246 valence electrons. The molecule has 1 aromatic carbocycles. The SMILES string of the molecule is CC(=O)NC1C(OCC(C)(C)CC(C)(C)CNC(=O)OCc2ccccc2)OC(COC(C)=O)C(OC(C)=O)C1OC(C)=O. The molecule has 0 bridgehead atoms. The van der Waals surface area contributed by atoms with Crippen molar-refractivity contribution < 1.29 is 52.4 Å². The Morgan fingerprint density at radius 2 is 1.43 bits per heavy atom. The molecule has 2 amide bonds. The quantitative estimate of drug-likeness (QED) is 0.231. The zero-order valence-corrected chi connectivity index (χ0v) is 26.8. The van der Waals surface area contributed by atoms with Crippen molar-refractivity contribution in [2.24, 2.45) is 10.8 Å². The van der Waals surface area contributed by atoms with Gasteiger partial charge in [-0.2, -0.15) is 0 Å². The van der Waals surface area contributed by atoms with E-state index in [-0.39, 0.29) is 25.2 Å². The van der Waals surface area contributed by atoms with E-state index in [0.717, 1.165) is 5.56 Å². The molecule has 13 nitrogen and oxygen atoms in total. The first kappa shape index (κ1) is 36.5. The molecule has 1 aromatic rings. The van der Waals surface area contributed by atoms with Gasteiger partial charge >= 0.3 is 24.0 Å². The van der Waals surface area contributed by atoms with E-state index in [0.29, 0.717) is 13.0 Å². The third kappa shape index (κ3) is 12.9. The van der Waals surface area contributed by atoms with E-state index in [1.807, 2.05) is 58.0 Å². The summed E-state index contributed by atoms with van der Waals surface area (Å²) in [6, 6.07) is 8.31. The third-order valence-electron chi connectivity index (χ3n) is 6.59. The summed E-state index contributed by atoms with van der Waals surface area (Å²) in [5.41, 5.74) is 0.0350. The molecule has 1 heterocycles. The highest BCUT2D eigenvalue weighted by Gasteiger charge is 2.51. The van der Waals surface area contributed by atoms with Crippen LogP contribution in [-0.2, 0) is 54.2 Å². The first-order valence-corrected chi connectivity index (χ1v) is 14.4. The Bertz CT molecular complexity index is 1140. The molecule has 1 aliphatic rings. The molecular weight excluding hydrogens is 576 g/mol. The van der Waals surface area contributed by atoms with Gasteiger partial charge in [-0.3, -0.25) is 19.2 Å². The fraction of sp³-hybridized carbons (Fsp3) is 0.645. The minimum Gasteiger partial charge on any atom is -0.463 e. The topological polar surface area (TPSA) is 165 Å². The molecule has 5 unspecified atom stereocenters. The molecule has 1 fully saturated rings. The first-order valence-electron chi connectivity index (χ1n) is 14.4. The van der Waals surface area contributed by atoms with Crippen LogP contribution < -0.4 is 10.6 Å². The van der Waals surface area contributed by atoms with Crippen LogP contribution in [0.25, 0.3) is 0 Å². The number of hydrogen-bond acceptors (Lipinski definition) is 11. The average molecular weight is 623 g/mol. The number of esters is 3. The van der Waals surface area contributed by atoms with Crippen LogP contribution >= 0.6 is 0 Å². The van der Waals surface area contributed by atoms with Gasteiger partial charge < -0.3 is 39.1 Å². The van der Waals surface area contributed by atoms with Crippen molar-refractivity contribution >= 4 is 29.9 Å². The summed E-state index contributed by atoms with van der Waals surface area (Å²) in [4.78, 5) is 60.1. The zero-order valence-electron chi connectivity index (χ0n) is 26.8. The monoisotopic (exact) mass is 622 g/mol. The Labute approximate surface area is 258 Å². The van der Waals surface area contributed by atoms with Crippen molar-refractivity contribution in [3.05, 3.63) is 35.9 Å². The summed E-state index contributed by atoms with van der Waals surface area (Å²) in [5, 5.41) is 5.51. The lowest BCUT2D eigenvalue weighted by atomic mass is 9.75. The van der Waals surface area contributed by atoms with Crippen LogP contribution in [0.3, 0.4) is 0 Å². The van der Waals surface area contributed by atoms with Crippen molar-refractivity contribution in [3.8, 4) is 0 Å². The Kier molecular flexibility index (Phi) is 13.6. The van der Waals surface area contributed by atoms with Crippen molar-refractivity contribution in [3.63, 3.8) is 0 Å². The summed E-state index contributed by atoms with van der Waals surface area (Å²) < 4.78 is 33.7. The summed E-state index contributed by atoms with van der Waals surface area (Å²) in [6.07, 6.45) is -4.56. The number of hydrogen-bond donors (Lipinski definition) is 2. The maximum absolute atomic E-state index is 12.3. The van der Waals surface area contributed by atoms with Gasteiger partial charge in [-0.05, 0) is 22.8 Å². The summed E-state index contributed by atoms with van der Waals surface area (Å²) in [6.45, 7) is 13.1. The van der Waals surface area contributed by atoms with E-state index in [1.54, 1.807) is 0 Å². The average Bonchev–Trinajstić information content (AvgIpc) is 2.90. The molecule has 2 rings (SSSR count). The molecule has 0 spiro atoms. The minimum absolute atomic E-state index is 0.126. The van der Waals surface area contributed by atoms with Gasteiger partial charge in [0.05, 0.1) is 6.61 Å². The van der Waals surface area contributed by atoms with E-state index in [9.17, 15) is 24.0 Å². The molecule has 0 aliphatic carbocycles. The number of amides is 2. The van der Waals surface area contributed by atoms with Gasteiger partial charge in [0.1, 0.15) is 25.4 Å². The number of nitrogens with one attached hydrogen (secondary N) is 2. The molecule has 0 aromatic heterocycles. The van der Waals surface area contributed by atoms with Crippen LogP contribution in [0.5, 0.6) is 0 Å². The normalized spacial score (nSPS) is 21.9. The van der Waals surface area contributed by atoms with Gasteiger partial charge in [0.25, 0.3) is 0 Å². The maximum atomic E-state index is 12.3. The van der Waals surface area contributed by atoms with E-state index in [4.69, 9.17) is 28.4 Å². The molecular formula is C31H46N2O11. The van der Waals surface area contributed by atoms with Crippen LogP contribution in [0.15, 0.2) is 30.3 Å². The molecule has 2 N–H and O–H groups in total. The molecule has 0 saturated carbocycles. The van der Waals surface area contributed by atoms with Gasteiger partial charge in [-0.15, -0.1) is 0 Å². The molecule has 1 saturated heterocycles. The van der Waals surface area contributed by atoms with Crippen molar-refractivity contribution in [1.29, 1.82) is 0 Å². The number of ether oxygens (including phenoxy) is 6. The van der Waals surface area contributed by atoms with Crippen LogP contribution in [0.2, 0.25) is 0 Å². The predicted octanol–water partition coefficient (Wildman–Crippen LogP) is 3.03. The number of rotatable bonds is 14. The second-order valence-electron chi connectivity index (χ2n) is 12.5. The fourth-order valence-corrected chi connectivity index (χ4v) is 5.24. The van der Waals surface area contributed by atoms with Gasteiger partial charge in [0.15, 0.2) is 18.5 Å². The van der Waals surface area contributed by atoms with Gasteiger partial charge in [0.2, 0.25) is 5.91 Å². The molecule has 1 aliphatic heterocycles. The van der Waals surface area contributed by atoms with Gasteiger partial charge in [-0.25, -0.2) is 4.79 Å². The van der Waals surface area contributed by atoms with E-state index in [1.165, 1.54) is 27.7 Å². The van der Waals surface area contributed by atoms with Gasteiger partial charge in [0, 0.05) is 34.2 Å². The Balaban J connectivity index is 2.13. The Hall–Kier alpha value is -3.71. The highest BCUT2D eigenvalue weighted by atomic mass is 16.7. The summed E-state index contributed by atoms with van der Waals surface area (Å²) >= 11 is 0. The second-order valence-corrected chi connectivity index (χ2v) is 12.5. The Morgan fingerprint density at radius 3 is 2.00 bits per heavy atom. The number of benzene rings is 1. The maximum Gasteiger partial charge on any atom is 0.407 e. The number of carbonyl (C=O) groups is 5. The molecule has 5 atom stereocenters. The predicted molar refractivity (Wildman–Crippen MR) is 157 cm³/mol. The standard InChI is InChI=1S/C31H46N2O11/c1-19(34)33-25-27(43-22(4)37)26(42-21(3)36)24(15-39-20(2)35)44-28(25)41-18-31(7,8)16-30(5,6)17-32-29(38)40-14-23-12-10-9-11-13-23/h9-13,24-28H,14-18H2,1-8H3,(H,32,38)(H,33,34). The van der Waals surface area contributed by atoms with E-state index in [2.05, 4.69) is 10.6 Å². The lowest BCUT2D eigenvalue weighted by Gasteiger charge is -2.45. The van der Waals surface area contributed by atoms with Crippen LogP contribution in [0, 0.1) is 10.8 Å². The van der Waals surface area contributed by atoms with Crippen LogP contribution in [-0.4, -0.2) is 80.3 Å². The lowest BCUT2D eigenvalue weighted by molar-refractivity contribution is -0.282. The third-order valence-corrected chi connectivity index (χ3v) is 6.59. The zero-order chi connectivity index (χ0) is 33.1. The largest absolute Gasteiger partial charge is 0.463 e. The Morgan fingerprint density at radius 1 is 0.818 bits per heavy atom. The fourth-order valence-electron chi connectivity index (χ4n) is 5.24. The van der Waals surface area contributed by atoms with Gasteiger partial charge in [-0.1, -0.05) is 58.0 Å². The van der Waals surface area contributed by atoms with Crippen LogP contribution in [0.4, 0.5) is 4.79 Å². The van der Waals surface area contributed by atoms with Crippen molar-refractivity contribution in [1.82, 2.24) is 10.6 Å². The summed E-state index contributed by atoms with van der Waals surface area (Å²) in [5.74, 6) is -2.44. The molecule has 13 heteroatoms. The highest BCUT2D eigenvalue weighted by Crippen LogP contribution is 2.35. The second kappa shape index (κ2) is 16.4. The first-order chi connectivity index (χ1) is 20.5. The van der Waals surface area contributed by atoms with Crippen molar-refractivity contribution in [2.45, 2.75) is 99.1 Å².